The number of rotatable bonds is 5. The van der Waals surface area contributed by atoms with Gasteiger partial charge in [-0.2, -0.15) is 5.10 Å². The van der Waals surface area contributed by atoms with Gasteiger partial charge in [0.25, 0.3) is 5.91 Å². The van der Waals surface area contributed by atoms with Gasteiger partial charge in [-0.15, -0.1) is 0 Å². The molecule has 8 nitrogen and oxygen atoms in total. The van der Waals surface area contributed by atoms with Gasteiger partial charge in [-0.1, -0.05) is 0 Å². The first kappa shape index (κ1) is 18.8. The van der Waals surface area contributed by atoms with Gasteiger partial charge >= 0.3 is 0 Å². The molecule has 0 fully saturated rings. The molecule has 0 radical (unpaired) electrons. The van der Waals surface area contributed by atoms with Gasteiger partial charge in [-0.3, -0.25) is 14.3 Å². The number of carbonyl (C=O) groups is 2. The minimum Gasteiger partial charge on any atom is -0.497 e. The maximum Gasteiger partial charge on any atom is 0.273 e. The highest BCUT2D eigenvalue weighted by atomic mass is 16.5. The third-order valence-corrected chi connectivity index (χ3v) is 4.54. The highest BCUT2D eigenvalue weighted by Crippen LogP contribution is 2.24. The number of benzene rings is 1. The van der Waals surface area contributed by atoms with Crippen LogP contribution in [0.15, 0.2) is 24.3 Å². The first-order valence-corrected chi connectivity index (χ1v) is 8.69. The smallest absolute Gasteiger partial charge is 0.273 e. The molecule has 0 aliphatic carbocycles. The van der Waals surface area contributed by atoms with Crippen molar-refractivity contribution in [3.8, 4) is 11.5 Å². The van der Waals surface area contributed by atoms with E-state index in [1.807, 2.05) is 12.1 Å². The first-order valence-electron chi connectivity index (χ1n) is 8.69. The molecule has 0 spiro atoms. The van der Waals surface area contributed by atoms with Crippen molar-refractivity contribution in [3.05, 3.63) is 41.2 Å². The molecule has 8 heteroatoms. The van der Waals surface area contributed by atoms with Gasteiger partial charge in [0.1, 0.15) is 11.5 Å². The molecular formula is C19H24N4O4. The van der Waals surface area contributed by atoms with E-state index in [1.54, 1.807) is 50.0 Å². The van der Waals surface area contributed by atoms with Crippen LogP contribution in [0.5, 0.6) is 11.5 Å². The Labute approximate surface area is 158 Å². The van der Waals surface area contributed by atoms with Gasteiger partial charge in [0.2, 0.25) is 5.91 Å². The predicted octanol–water partition coefficient (Wildman–Crippen LogP) is 1.19. The summed E-state index contributed by atoms with van der Waals surface area (Å²) in [6.45, 7) is 1.57. The van der Waals surface area contributed by atoms with Crippen molar-refractivity contribution < 1.29 is 19.1 Å². The Hall–Kier alpha value is -3.03. The molecule has 1 aromatic heterocycles. The molecule has 0 atom stereocenters. The molecule has 1 aromatic carbocycles. The number of nitrogens with zero attached hydrogens (tertiary/aromatic N) is 4. The fourth-order valence-corrected chi connectivity index (χ4v) is 3.07. The predicted molar refractivity (Wildman–Crippen MR) is 98.9 cm³/mol. The summed E-state index contributed by atoms with van der Waals surface area (Å²) in [7, 11) is 6.55. The molecular weight excluding hydrogens is 348 g/mol. The highest BCUT2D eigenvalue weighted by molar-refractivity contribution is 5.92. The van der Waals surface area contributed by atoms with Gasteiger partial charge in [0.15, 0.2) is 5.69 Å². The Bertz CT molecular complexity index is 837. The van der Waals surface area contributed by atoms with Crippen LogP contribution in [0.3, 0.4) is 0 Å². The third kappa shape index (κ3) is 4.05. The molecule has 0 saturated carbocycles. The van der Waals surface area contributed by atoms with Crippen LogP contribution in [-0.2, 0) is 24.3 Å². The van der Waals surface area contributed by atoms with Crippen LogP contribution >= 0.6 is 0 Å². The molecule has 0 N–H and O–H groups in total. The fraction of sp³-hybridized carbons (Fsp3) is 0.421. The average molecular weight is 372 g/mol. The van der Waals surface area contributed by atoms with Crippen molar-refractivity contribution in [2.75, 3.05) is 34.9 Å². The quantitative estimate of drug-likeness (QED) is 0.788. The maximum atomic E-state index is 12.8. The zero-order valence-electron chi connectivity index (χ0n) is 16.1. The lowest BCUT2D eigenvalue weighted by molar-refractivity contribution is -0.132. The number of carbonyl (C=O) groups excluding carboxylic acids is 2. The van der Waals surface area contributed by atoms with Crippen LogP contribution < -0.4 is 9.47 Å². The van der Waals surface area contributed by atoms with Crippen molar-refractivity contribution in [2.24, 2.45) is 0 Å². The molecule has 27 heavy (non-hydrogen) atoms. The van der Waals surface area contributed by atoms with E-state index in [0.29, 0.717) is 36.8 Å². The largest absolute Gasteiger partial charge is 0.497 e. The highest BCUT2D eigenvalue weighted by Gasteiger charge is 2.24. The fourth-order valence-electron chi connectivity index (χ4n) is 3.07. The zero-order valence-corrected chi connectivity index (χ0v) is 16.1. The van der Waals surface area contributed by atoms with Crippen molar-refractivity contribution in [1.29, 1.82) is 0 Å². The van der Waals surface area contributed by atoms with Gasteiger partial charge in [0.05, 0.1) is 39.4 Å². The summed E-state index contributed by atoms with van der Waals surface area (Å²) in [5.41, 5.74) is 2.10. The number of aromatic nitrogens is 2. The lowest BCUT2D eigenvalue weighted by atomic mass is 10.1. The van der Waals surface area contributed by atoms with E-state index in [4.69, 9.17) is 9.47 Å². The standard InChI is InChI=1S/C19H24N4O4/c1-21(2)19(25)17-10-14-12-22(5-6-23(14)20-17)18(24)9-13-7-15(26-3)11-16(8-13)27-4/h7-8,10-11H,5-6,9,12H2,1-4H3. The summed E-state index contributed by atoms with van der Waals surface area (Å²) in [5.74, 6) is 1.18. The Balaban J connectivity index is 1.72. The van der Waals surface area contributed by atoms with E-state index >= 15 is 0 Å². The zero-order chi connectivity index (χ0) is 19.6. The molecule has 0 unspecified atom stereocenters. The number of ether oxygens (including phenoxy) is 2. The SMILES string of the molecule is COc1cc(CC(=O)N2CCn3nc(C(=O)N(C)C)cc3C2)cc(OC)c1. The summed E-state index contributed by atoms with van der Waals surface area (Å²) in [6, 6.07) is 7.21. The molecule has 0 bridgehead atoms. The average Bonchev–Trinajstić information content (AvgIpc) is 3.09. The van der Waals surface area contributed by atoms with E-state index in [-0.39, 0.29) is 18.2 Å². The second-order valence-electron chi connectivity index (χ2n) is 6.66. The second-order valence-corrected chi connectivity index (χ2v) is 6.66. The number of hydrogen-bond acceptors (Lipinski definition) is 5. The van der Waals surface area contributed by atoms with E-state index in [9.17, 15) is 9.59 Å². The normalized spacial score (nSPS) is 13.1. The van der Waals surface area contributed by atoms with Crippen molar-refractivity contribution in [2.45, 2.75) is 19.5 Å². The molecule has 1 aliphatic rings. The van der Waals surface area contributed by atoms with Crippen LogP contribution in [0.1, 0.15) is 21.7 Å². The number of fused-ring (bicyclic) bond motifs is 1. The summed E-state index contributed by atoms with van der Waals surface area (Å²) in [4.78, 5) is 28.1. The van der Waals surface area contributed by atoms with E-state index < -0.39 is 0 Å². The van der Waals surface area contributed by atoms with E-state index in [2.05, 4.69) is 5.10 Å². The Morgan fingerprint density at radius 2 is 1.74 bits per heavy atom. The molecule has 1 aliphatic heterocycles. The first-order chi connectivity index (χ1) is 12.9. The van der Waals surface area contributed by atoms with Crippen molar-refractivity contribution >= 4 is 11.8 Å². The minimum absolute atomic E-state index is 0.0123. The van der Waals surface area contributed by atoms with Crippen molar-refractivity contribution in [3.63, 3.8) is 0 Å². The van der Waals surface area contributed by atoms with Gasteiger partial charge in [-0.25, -0.2) is 0 Å². The van der Waals surface area contributed by atoms with E-state index in [0.717, 1.165) is 11.3 Å². The number of amides is 2. The Kier molecular flexibility index (Phi) is 5.34. The molecule has 3 rings (SSSR count). The van der Waals surface area contributed by atoms with Crippen LogP contribution in [-0.4, -0.2) is 66.3 Å². The monoisotopic (exact) mass is 372 g/mol. The lowest BCUT2D eigenvalue weighted by Crippen LogP contribution is -2.39. The summed E-state index contributed by atoms with van der Waals surface area (Å²) >= 11 is 0. The summed E-state index contributed by atoms with van der Waals surface area (Å²) < 4.78 is 12.3. The van der Waals surface area contributed by atoms with Crippen LogP contribution in [0.25, 0.3) is 0 Å². The van der Waals surface area contributed by atoms with Gasteiger partial charge in [0, 0.05) is 26.7 Å². The molecule has 2 heterocycles. The van der Waals surface area contributed by atoms with Crippen molar-refractivity contribution in [1.82, 2.24) is 19.6 Å². The van der Waals surface area contributed by atoms with Crippen LogP contribution in [0.4, 0.5) is 0 Å². The number of methoxy groups -OCH3 is 2. The maximum absolute atomic E-state index is 12.8. The van der Waals surface area contributed by atoms with E-state index in [1.165, 1.54) is 4.90 Å². The van der Waals surface area contributed by atoms with Gasteiger partial charge in [-0.05, 0) is 23.8 Å². The molecule has 144 valence electrons. The summed E-state index contributed by atoms with van der Waals surface area (Å²) in [6.07, 6.45) is 0.255. The summed E-state index contributed by atoms with van der Waals surface area (Å²) in [5, 5.41) is 4.35. The third-order valence-electron chi connectivity index (χ3n) is 4.54. The molecule has 0 saturated heterocycles. The molecule has 2 amide bonds. The number of hydrogen-bond donors (Lipinski definition) is 0. The van der Waals surface area contributed by atoms with Gasteiger partial charge < -0.3 is 19.3 Å². The van der Waals surface area contributed by atoms with Crippen LogP contribution in [0, 0.1) is 0 Å². The Morgan fingerprint density at radius 3 is 2.33 bits per heavy atom. The Morgan fingerprint density at radius 1 is 1.07 bits per heavy atom. The minimum atomic E-state index is -0.141. The molecule has 2 aromatic rings. The topological polar surface area (TPSA) is 76.9 Å². The second kappa shape index (κ2) is 7.69. The lowest BCUT2D eigenvalue weighted by Gasteiger charge is -2.27. The van der Waals surface area contributed by atoms with Crippen LogP contribution in [0.2, 0.25) is 0 Å².